The van der Waals surface area contributed by atoms with E-state index >= 15 is 0 Å². The highest BCUT2D eigenvalue weighted by Crippen LogP contribution is 2.13. The van der Waals surface area contributed by atoms with Gasteiger partial charge in [0.05, 0.1) is 13.7 Å². The Morgan fingerprint density at radius 2 is 2.04 bits per heavy atom. The van der Waals surface area contributed by atoms with Gasteiger partial charge in [-0.25, -0.2) is 4.99 Å². The number of rotatable bonds is 11. The third-order valence-electron chi connectivity index (χ3n) is 4.03. The van der Waals surface area contributed by atoms with Gasteiger partial charge < -0.3 is 24.7 Å². The molecule has 1 aromatic carbocycles. The van der Waals surface area contributed by atoms with Gasteiger partial charge >= 0.3 is 0 Å². The first-order valence-corrected chi connectivity index (χ1v) is 9.27. The molecule has 0 saturated heterocycles. The normalized spacial score (nSPS) is 11.0. The van der Waals surface area contributed by atoms with Gasteiger partial charge in [0.1, 0.15) is 17.9 Å². The van der Waals surface area contributed by atoms with Crippen LogP contribution in [0.15, 0.2) is 35.6 Å². The SMILES string of the molecule is CCc1nncn1CCNC(=NCc1cccc(OC)c1)NCCCOC.I. The summed E-state index contributed by atoms with van der Waals surface area (Å²) in [5.41, 5.74) is 1.10. The molecule has 0 fully saturated rings. The molecule has 0 bridgehead atoms. The maximum Gasteiger partial charge on any atom is 0.191 e. The molecule has 156 valence electrons. The summed E-state index contributed by atoms with van der Waals surface area (Å²) < 4.78 is 12.4. The van der Waals surface area contributed by atoms with E-state index < -0.39 is 0 Å². The van der Waals surface area contributed by atoms with Crippen LogP contribution in [-0.2, 0) is 24.2 Å². The van der Waals surface area contributed by atoms with Crippen molar-refractivity contribution in [3.05, 3.63) is 42.0 Å². The molecule has 0 aliphatic heterocycles. The van der Waals surface area contributed by atoms with Crippen molar-refractivity contribution in [1.82, 2.24) is 25.4 Å². The minimum atomic E-state index is 0. The Labute approximate surface area is 184 Å². The molecular weight excluding hydrogens is 471 g/mol. The lowest BCUT2D eigenvalue weighted by molar-refractivity contribution is 0.195. The second-order valence-electron chi connectivity index (χ2n) is 6.01. The summed E-state index contributed by atoms with van der Waals surface area (Å²) in [5.74, 6) is 2.60. The Hall–Kier alpha value is -1.88. The van der Waals surface area contributed by atoms with Crippen LogP contribution in [0, 0.1) is 0 Å². The number of guanidine groups is 1. The van der Waals surface area contributed by atoms with Crippen LogP contribution in [-0.4, -0.2) is 54.6 Å². The fraction of sp³-hybridized carbons (Fsp3) is 0.526. The lowest BCUT2D eigenvalue weighted by Crippen LogP contribution is -2.39. The number of ether oxygens (including phenoxy) is 2. The zero-order valence-electron chi connectivity index (χ0n) is 16.9. The molecule has 0 aliphatic carbocycles. The molecule has 9 heteroatoms. The topological polar surface area (TPSA) is 85.6 Å². The van der Waals surface area contributed by atoms with Gasteiger partial charge in [0.25, 0.3) is 0 Å². The van der Waals surface area contributed by atoms with E-state index in [0.29, 0.717) is 6.54 Å². The van der Waals surface area contributed by atoms with E-state index in [1.54, 1.807) is 20.5 Å². The fourth-order valence-electron chi connectivity index (χ4n) is 2.57. The number of hydrogen-bond donors (Lipinski definition) is 2. The van der Waals surface area contributed by atoms with Gasteiger partial charge in [-0.3, -0.25) is 0 Å². The van der Waals surface area contributed by atoms with Crippen molar-refractivity contribution in [3.63, 3.8) is 0 Å². The maximum atomic E-state index is 5.27. The number of benzene rings is 1. The molecule has 0 unspecified atom stereocenters. The number of aliphatic imine (C=N–C) groups is 1. The first-order chi connectivity index (χ1) is 13.3. The number of aryl methyl sites for hydroxylation is 1. The number of methoxy groups -OCH3 is 2. The largest absolute Gasteiger partial charge is 0.497 e. The van der Waals surface area contributed by atoms with Crippen molar-refractivity contribution < 1.29 is 9.47 Å². The maximum absolute atomic E-state index is 5.27. The van der Waals surface area contributed by atoms with Gasteiger partial charge in [-0.05, 0) is 24.1 Å². The van der Waals surface area contributed by atoms with Crippen LogP contribution in [0.3, 0.4) is 0 Å². The molecule has 0 saturated carbocycles. The fourth-order valence-corrected chi connectivity index (χ4v) is 2.57. The lowest BCUT2D eigenvalue weighted by atomic mass is 10.2. The standard InChI is InChI=1S/C19H30N6O2.HI/c1-4-18-24-23-15-25(18)11-10-21-19(20-9-6-12-26-2)22-14-16-7-5-8-17(13-16)27-3;/h5,7-8,13,15H,4,6,9-12,14H2,1-3H3,(H2,20,21,22);1H. The summed E-state index contributed by atoms with van der Waals surface area (Å²) in [5, 5.41) is 14.8. The number of aromatic nitrogens is 3. The first kappa shape index (κ1) is 24.2. The second-order valence-corrected chi connectivity index (χ2v) is 6.01. The molecule has 0 atom stereocenters. The number of nitrogens with zero attached hydrogens (tertiary/aromatic N) is 4. The molecule has 0 aliphatic rings. The van der Waals surface area contributed by atoms with Crippen molar-refractivity contribution in [3.8, 4) is 5.75 Å². The quantitative estimate of drug-likeness (QED) is 0.212. The van der Waals surface area contributed by atoms with Crippen LogP contribution < -0.4 is 15.4 Å². The average molecular weight is 502 g/mol. The average Bonchev–Trinajstić information content (AvgIpc) is 3.16. The Kier molecular flexibility index (Phi) is 12.2. The summed E-state index contributed by atoms with van der Waals surface area (Å²) >= 11 is 0. The van der Waals surface area contributed by atoms with E-state index in [9.17, 15) is 0 Å². The van der Waals surface area contributed by atoms with E-state index in [1.165, 1.54) is 0 Å². The molecule has 1 aromatic heterocycles. The highest BCUT2D eigenvalue weighted by atomic mass is 127. The summed E-state index contributed by atoms with van der Waals surface area (Å²) in [7, 11) is 3.38. The summed E-state index contributed by atoms with van der Waals surface area (Å²) in [6.07, 6.45) is 3.55. The van der Waals surface area contributed by atoms with Gasteiger partial charge in [0.2, 0.25) is 0 Å². The first-order valence-electron chi connectivity index (χ1n) is 9.27. The third kappa shape index (κ3) is 8.42. The molecule has 2 rings (SSSR count). The van der Waals surface area contributed by atoms with Crippen molar-refractivity contribution in [2.24, 2.45) is 4.99 Å². The Balaban J connectivity index is 0.00000392. The van der Waals surface area contributed by atoms with E-state index in [2.05, 4.69) is 37.3 Å². The molecular formula is C19H31IN6O2. The van der Waals surface area contributed by atoms with Gasteiger partial charge in [-0.15, -0.1) is 34.2 Å². The molecule has 0 radical (unpaired) electrons. The minimum absolute atomic E-state index is 0. The summed E-state index contributed by atoms with van der Waals surface area (Å²) in [6.45, 7) is 5.69. The molecule has 8 nitrogen and oxygen atoms in total. The van der Waals surface area contributed by atoms with Gasteiger partial charge in [-0.2, -0.15) is 0 Å². The highest BCUT2D eigenvalue weighted by Gasteiger charge is 2.03. The van der Waals surface area contributed by atoms with Crippen molar-refractivity contribution >= 4 is 29.9 Å². The lowest BCUT2D eigenvalue weighted by Gasteiger charge is -2.13. The molecule has 1 heterocycles. The van der Waals surface area contributed by atoms with Crippen LogP contribution in [0.25, 0.3) is 0 Å². The molecule has 0 spiro atoms. The Morgan fingerprint density at radius 3 is 2.79 bits per heavy atom. The zero-order chi connectivity index (χ0) is 19.3. The van der Waals surface area contributed by atoms with Crippen LogP contribution in [0.5, 0.6) is 5.75 Å². The van der Waals surface area contributed by atoms with Crippen LogP contribution in [0.2, 0.25) is 0 Å². The number of hydrogen-bond acceptors (Lipinski definition) is 5. The predicted octanol–water partition coefficient (Wildman–Crippen LogP) is 2.24. The molecule has 2 aromatic rings. The van der Waals surface area contributed by atoms with Gasteiger partial charge in [-0.1, -0.05) is 19.1 Å². The number of nitrogens with one attached hydrogen (secondary N) is 2. The second kappa shape index (κ2) is 14.2. The third-order valence-corrected chi connectivity index (χ3v) is 4.03. The van der Waals surface area contributed by atoms with Gasteiger partial charge in [0.15, 0.2) is 5.96 Å². The monoisotopic (exact) mass is 502 g/mol. The van der Waals surface area contributed by atoms with E-state index in [1.807, 2.05) is 24.3 Å². The summed E-state index contributed by atoms with van der Waals surface area (Å²) in [4.78, 5) is 4.69. The van der Waals surface area contributed by atoms with Crippen molar-refractivity contribution in [2.75, 3.05) is 33.9 Å². The van der Waals surface area contributed by atoms with Crippen LogP contribution >= 0.6 is 24.0 Å². The number of halogens is 1. The minimum Gasteiger partial charge on any atom is -0.497 e. The van der Waals surface area contributed by atoms with E-state index in [4.69, 9.17) is 9.47 Å². The Bertz CT molecular complexity index is 707. The highest BCUT2D eigenvalue weighted by molar-refractivity contribution is 14.0. The van der Waals surface area contributed by atoms with Crippen molar-refractivity contribution in [2.45, 2.75) is 32.9 Å². The molecule has 28 heavy (non-hydrogen) atoms. The smallest absolute Gasteiger partial charge is 0.191 e. The predicted molar refractivity (Wildman–Crippen MR) is 121 cm³/mol. The Morgan fingerprint density at radius 1 is 1.21 bits per heavy atom. The van der Waals surface area contributed by atoms with Crippen molar-refractivity contribution in [1.29, 1.82) is 0 Å². The molecule has 0 amide bonds. The molecule has 2 N–H and O–H groups in total. The van der Waals surface area contributed by atoms with Gasteiger partial charge in [0, 0.05) is 39.8 Å². The van der Waals surface area contributed by atoms with Crippen LogP contribution in [0.4, 0.5) is 0 Å². The van der Waals surface area contributed by atoms with Crippen LogP contribution in [0.1, 0.15) is 24.7 Å². The van der Waals surface area contributed by atoms with E-state index in [0.717, 1.165) is 62.2 Å². The van der Waals surface area contributed by atoms with E-state index in [-0.39, 0.29) is 24.0 Å². The zero-order valence-corrected chi connectivity index (χ0v) is 19.2. The summed E-state index contributed by atoms with van der Waals surface area (Å²) in [6, 6.07) is 7.94.